The van der Waals surface area contributed by atoms with Crippen molar-refractivity contribution in [2.45, 2.75) is 38.4 Å². The summed E-state index contributed by atoms with van der Waals surface area (Å²) in [5.74, 6) is -0.642. The van der Waals surface area contributed by atoms with Crippen molar-refractivity contribution in [2.75, 3.05) is 5.32 Å². The van der Waals surface area contributed by atoms with Gasteiger partial charge in [-0.3, -0.25) is 4.79 Å². The topological polar surface area (TPSA) is 62.2 Å². The van der Waals surface area contributed by atoms with E-state index in [1.54, 1.807) is 6.92 Å². The third-order valence-electron chi connectivity index (χ3n) is 3.86. The van der Waals surface area contributed by atoms with E-state index in [4.69, 9.17) is 0 Å². The van der Waals surface area contributed by atoms with Crippen LogP contribution in [0.5, 0.6) is 0 Å². The van der Waals surface area contributed by atoms with Gasteiger partial charge in [-0.05, 0) is 31.9 Å². The molecule has 1 aromatic rings. The number of nitrogens with zero attached hydrogens (tertiary/aromatic N) is 1. The fourth-order valence-electron chi connectivity index (χ4n) is 2.48. The Labute approximate surface area is 114 Å². The Balaban J connectivity index is 2.13. The fourth-order valence-corrected chi connectivity index (χ4v) is 2.48. The third kappa shape index (κ3) is 2.71. The average Bonchev–Trinajstić information content (AvgIpc) is 2.72. The monoisotopic (exact) mass is 288 g/mol. The van der Waals surface area contributed by atoms with Gasteiger partial charge >= 0.3 is 12.1 Å². The molecule has 2 N–H and O–H groups in total. The number of carboxylic acids is 1. The van der Waals surface area contributed by atoms with Gasteiger partial charge in [0.05, 0.1) is 11.0 Å². The molecule has 2 rings (SSSR count). The Kier molecular flexibility index (Phi) is 3.62. The average molecular weight is 288 g/mol. The molecule has 0 amide bonds. The smallest absolute Gasteiger partial charge is 0.417 e. The Hall–Kier alpha value is -1.79. The molecule has 0 aromatic carbocycles. The van der Waals surface area contributed by atoms with E-state index in [0.29, 0.717) is 12.8 Å². The van der Waals surface area contributed by atoms with Crippen LogP contribution in [0.2, 0.25) is 0 Å². The molecule has 1 aromatic heterocycles. The van der Waals surface area contributed by atoms with Crippen LogP contribution in [0, 0.1) is 5.41 Å². The van der Waals surface area contributed by atoms with Gasteiger partial charge in [0.1, 0.15) is 5.82 Å². The molecular weight excluding hydrogens is 273 g/mol. The molecule has 1 aliphatic carbocycles. The van der Waals surface area contributed by atoms with E-state index < -0.39 is 23.1 Å². The Morgan fingerprint density at radius 3 is 2.70 bits per heavy atom. The summed E-state index contributed by atoms with van der Waals surface area (Å²) < 4.78 is 37.2. The lowest BCUT2D eigenvalue weighted by molar-refractivity contribution is -0.148. The molecule has 20 heavy (non-hydrogen) atoms. The first-order valence-corrected chi connectivity index (χ1v) is 6.26. The number of aliphatic carboxylic acids is 1. The van der Waals surface area contributed by atoms with E-state index in [0.717, 1.165) is 18.7 Å². The highest BCUT2D eigenvalue weighted by atomic mass is 19.4. The van der Waals surface area contributed by atoms with Gasteiger partial charge < -0.3 is 10.4 Å². The number of rotatable bonds is 3. The molecule has 0 spiro atoms. The normalized spacial score (nSPS) is 26.5. The number of carboxylic acid groups (broad SMARTS) is 1. The van der Waals surface area contributed by atoms with Crippen molar-refractivity contribution >= 4 is 11.8 Å². The molecule has 1 heterocycles. The number of halogens is 3. The lowest BCUT2D eigenvalue weighted by Crippen LogP contribution is -2.40. The maximum Gasteiger partial charge on any atom is 0.417 e. The molecule has 2 unspecified atom stereocenters. The van der Waals surface area contributed by atoms with E-state index in [1.807, 2.05) is 0 Å². The Morgan fingerprint density at radius 2 is 2.20 bits per heavy atom. The van der Waals surface area contributed by atoms with Gasteiger partial charge in [0, 0.05) is 12.2 Å². The van der Waals surface area contributed by atoms with E-state index in [-0.39, 0.29) is 11.9 Å². The summed E-state index contributed by atoms with van der Waals surface area (Å²) in [6.07, 6.45) is -1.71. The van der Waals surface area contributed by atoms with E-state index >= 15 is 0 Å². The molecular formula is C13H15F3N2O2. The standard InChI is InChI=1S/C13H15F3N2O2/c1-12(11(19)20)6-2-3-9(12)18-10-5-4-8(7-17-10)13(14,15)16/h4-5,7,9H,2-3,6H2,1H3,(H,17,18)(H,19,20). The molecule has 0 radical (unpaired) electrons. The molecule has 2 atom stereocenters. The van der Waals surface area contributed by atoms with Crippen molar-refractivity contribution in [3.8, 4) is 0 Å². The third-order valence-corrected chi connectivity index (χ3v) is 3.86. The van der Waals surface area contributed by atoms with E-state index in [2.05, 4.69) is 10.3 Å². The summed E-state index contributed by atoms with van der Waals surface area (Å²) >= 11 is 0. The number of hydrogen-bond acceptors (Lipinski definition) is 3. The minimum absolute atomic E-state index is 0.261. The van der Waals surface area contributed by atoms with Crippen LogP contribution in [0.25, 0.3) is 0 Å². The summed E-state index contributed by atoms with van der Waals surface area (Å²) in [5.41, 5.74) is -1.74. The van der Waals surface area contributed by atoms with E-state index in [9.17, 15) is 23.1 Å². The predicted octanol–water partition coefficient (Wildman–Crippen LogP) is 3.16. The lowest BCUT2D eigenvalue weighted by Gasteiger charge is -2.28. The molecule has 4 nitrogen and oxygen atoms in total. The zero-order valence-electron chi connectivity index (χ0n) is 10.9. The van der Waals surface area contributed by atoms with Crippen LogP contribution in [0.3, 0.4) is 0 Å². The minimum Gasteiger partial charge on any atom is -0.481 e. The SMILES string of the molecule is CC1(C(=O)O)CCCC1Nc1ccc(C(F)(F)F)cn1. The zero-order valence-corrected chi connectivity index (χ0v) is 10.9. The van der Waals surface area contributed by atoms with Gasteiger partial charge in [-0.1, -0.05) is 6.42 Å². The van der Waals surface area contributed by atoms with Crippen LogP contribution in [-0.2, 0) is 11.0 Å². The Morgan fingerprint density at radius 1 is 1.50 bits per heavy atom. The molecule has 110 valence electrons. The van der Waals surface area contributed by atoms with Crippen molar-refractivity contribution < 1.29 is 23.1 Å². The molecule has 1 fully saturated rings. The second-order valence-corrected chi connectivity index (χ2v) is 5.24. The van der Waals surface area contributed by atoms with Crippen molar-refractivity contribution in [3.63, 3.8) is 0 Å². The second kappa shape index (κ2) is 4.96. The maximum atomic E-state index is 12.4. The van der Waals surface area contributed by atoms with Crippen LogP contribution in [0.4, 0.5) is 19.0 Å². The van der Waals surface area contributed by atoms with Crippen LogP contribution in [0.1, 0.15) is 31.7 Å². The number of carbonyl (C=O) groups is 1. The van der Waals surface area contributed by atoms with Crippen LogP contribution in [-0.4, -0.2) is 22.1 Å². The number of anilines is 1. The van der Waals surface area contributed by atoms with Gasteiger partial charge in [-0.25, -0.2) is 4.98 Å². The van der Waals surface area contributed by atoms with Crippen LogP contribution < -0.4 is 5.32 Å². The summed E-state index contributed by atoms with van der Waals surface area (Å²) in [6, 6.07) is 1.83. The number of alkyl halides is 3. The van der Waals surface area contributed by atoms with Crippen molar-refractivity contribution in [3.05, 3.63) is 23.9 Å². The van der Waals surface area contributed by atoms with Gasteiger partial charge in [0.15, 0.2) is 0 Å². The van der Waals surface area contributed by atoms with Gasteiger partial charge in [-0.2, -0.15) is 13.2 Å². The summed E-state index contributed by atoms with van der Waals surface area (Å²) in [4.78, 5) is 15.0. The van der Waals surface area contributed by atoms with E-state index in [1.165, 1.54) is 6.07 Å². The highest BCUT2D eigenvalue weighted by Crippen LogP contribution is 2.39. The zero-order chi connectivity index (χ0) is 15.0. The number of nitrogens with one attached hydrogen (secondary N) is 1. The largest absolute Gasteiger partial charge is 0.481 e. The minimum atomic E-state index is -4.42. The Bertz CT molecular complexity index is 501. The molecule has 0 saturated heterocycles. The van der Waals surface area contributed by atoms with Gasteiger partial charge in [0.2, 0.25) is 0 Å². The van der Waals surface area contributed by atoms with Crippen LogP contribution >= 0.6 is 0 Å². The van der Waals surface area contributed by atoms with Gasteiger partial charge in [-0.15, -0.1) is 0 Å². The molecule has 1 aliphatic rings. The van der Waals surface area contributed by atoms with Gasteiger partial charge in [0.25, 0.3) is 0 Å². The number of aromatic nitrogens is 1. The highest BCUT2D eigenvalue weighted by Gasteiger charge is 2.45. The molecule has 1 saturated carbocycles. The predicted molar refractivity (Wildman–Crippen MR) is 66.2 cm³/mol. The summed E-state index contributed by atoms with van der Waals surface area (Å²) in [6.45, 7) is 1.64. The molecule has 0 bridgehead atoms. The fraction of sp³-hybridized carbons (Fsp3) is 0.538. The number of pyridine rings is 1. The summed E-state index contributed by atoms with van der Waals surface area (Å²) in [7, 11) is 0. The molecule has 0 aliphatic heterocycles. The first-order valence-electron chi connectivity index (χ1n) is 6.26. The second-order valence-electron chi connectivity index (χ2n) is 5.24. The quantitative estimate of drug-likeness (QED) is 0.897. The number of hydrogen-bond donors (Lipinski definition) is 2. The maximum absolute atomic E-state index is 12.4. The lowest BCUT2D eigenvalue weighted by atomic mass is 9.85. The van der Waals surface area contributed by atoms with Crippen molar-refractivity contribution in [2.24, 2.45) is 5.41 Å². The van der Waals surface area contributed by atoms with Crippen LogP contribution in [0.15, 0.2) is 18.3 Å². The summed E-state index contributed by atoms with van der Waals surface area (Å²) in [5, 5.41) is 12.2. The molecule has 7 heteroatoms. The highest BCUT2D eigenvalue weighted by molar-refractivity contribution is 5.76. The first kappa shape index (κ1) is 14.6. The van der Waals surface area contributed by atoms with Crippen molar-refractivity contribution in [1.82, 2.24) is 4.98 Å². The first-order chi connectivity index (χ1) is 9.23. The van der Waals surface area contributed by atoms with Crippen molar-refractivity contribution in [1.29, 1.82) is 0 Å².